The molecule has 1 aromatic carbocycles. The number of hydrogen-bond acceptors (Lipinski definition) is 3. The Labute approximate surface area is 96.5 Å². The first-order valence-electron chi connectivity index (χ1n) is 4.88. The lowest BCUT2D eigenvalue weighted by atomic mass is 10.0. The summed E-state index contributed by atoms with van der Waals surface area (Å²) in [5, 5.41) is 19.0. The van der Waals surface area contributed by atoms with Crippen LogP contribution in [0.5, 0.6) is 0 Å². The molecule has 0 aliphatic rings. The molecule has 2 N–H and O–H groups in total. The van der Waals surface area contributed by atoms with Gasteiger partial charge in [-0.3, -0.25) is 0 Å². The number of hydrogen-bond donors (Lipinski definition) is 2. The molecule has 2 atom stereocenters. The molecule has 1 aromatic rings. The highest BCUT2D eigenvalue weighted by molar-refractivity contribution is 5.27. The van der Waals surface area contributed by atoms with Gasteiger partial charge in [-0.15, -0.1) is 0 Å². The van der Waals surface area contributed by atoms with Gasteiger partial charge < -0.3 is 14.9 Å². The third-order valence-corrected chi connectivity index (χ3v) is 2.26. The van der Waals surface area contributed by atoms with E-state index >= 15 is 0 Å². The molecule has 96 valence electrons. The van der Waals surface area contributed by atoms with Crippen molar-refractivity contribution in [3.05, 3.63) is 35.4 Å². The summed E-state index contributed by atoms with van der Waals surface area (Å²) in [6.07, 6.45) is -7.14. The Morgan fingerprint density at radius 3 is 2.47 bits per heavy atom. The molecule has 6 heteroatoms. The summed E-state index contributed by atoms with van der Waals surface area (Å²) in [5.41, 5.74) is -0.858. The Bertz CT molecular complexity index is 365. The summed E-state index contributed by atoms with van der Waals surface area (Å²) >= 11 is 0. The van der Waals surface area contributed by atoms with Crippen LogP contribution in [-0.2, 0) is 10.9 Å². The average molecular weight is 250 g/mol. The highest BCUT2D eigenvalue weighted by atomic mass is 19.4. The van der Waals surface area contributed by atoms with E-state index in [-0.39, 0.29) is 12.2 Å². The van der Waals surface area contributed by atoms with E-state index in [1.165, 1.54) is 19.2 Å². The van der Waals surface area contributed by atoms with Crippen molar-refractivity contribution < 1.29 is 28.1 Å². The number of alkyl halides is 3. The summed E-state index contributed by atoms with van der Waals surface area (Å²) < 4.78 is 41.8. The van der Waals surface area contributed by atoms with Crippen LogP contribution in [0.25, 0.3) is 0 Å². The van der Waals surface area contributed by atoms with Crippen molar-refractivity contribution in [3.8, 4) is 0 Å². The normalized spacial score (nSPS) is 15.6. The Balaban J connectivity index is 2.92. The van der Waals surface area contributed by atoms with Gasteiger partial charge in [-0.1, -0.05) is 12.1 Å². The van der Waals surface area contributed by atoms with Gasteiger partial charge in [0.25, 0.3) is 0 Å². The number of aliphatic hydroxyl groups excluding tert-OH is 2. The van der Waals surface area contributed by atoms with Crippen LogP contribution in [0.15, 0.2) is 24.3 Å². The smallest absolute Gasteiger partial charge is 0.388 e. The summed E-state index contributed by atoms with van der Waals surface area (Å²) in [5.74, 6) is 0. The molecule has 0 aromatic heterocycles. The second-order valence-electron chi connectivity index (χ2n) is 3.59. The Morgan fingerprint density at radius 2 is 1.94 bits per heavy atom. The first kappa shape index (κ1) is 14.0. The molecule has 0 saturated heterocycles. The molecule has 0 amide bonds. The van der Waals surface area contributed by atoms with Crippen LogP contribution in [0, 0.1) is 0 Å². The highest BCUT2D eigenvalue weighted by Crippen LogP contribution is 2.31. The summed E-state index contributed by atoms with van der Waals surface area (Å²) in [6, 6.07) is 4.21. The predicted octanol–water partition coefficient (Wildman–Crippen LogP) is 1.75. The fraction of sp³-hybridized carbons (Fsp3) is 0.455. The van der Waals surface area contributed by atoms with Crippen molar-refractivity contribution in [2.45, 2.75) is 18.4 Å². The van der Waals surface area contributed by atoms with E-state index in [0.717, 1.165) is 12.1 Å². The van der Waals surface area contributed by atoms with Gasteiger partial charge in [-0.05, 0) is 17.7 Å². The molecular formula is C11H13F3O3. The maximum absolute atomic E-state index is 12.4. The van der Waals surface area contributed by atoms with Gasteiger partial charge in [-0.2, -0.15) is 13.2 Å². The van der Waals surface area contributed by atoms with E-state index in [1.807, 2.05) is 0 Å². The largest absolute Gasteiger partial charge is 0.416 e. The average Bonchev–Trinajstić information content (AvgIpc) is 2.27. The standard InChI is InChI=1S/C11H13F3O3/c1-17-6-9(15)10(16)7-3-2-4-8(5-7)11(12,13)14/h2-5,9-10,15-16H,6H2,1H3. The monoisotopic (exact) mass is 250 g/mol. The van der Waals surface area contributed by atoms with E-state index in [1.54, 1.807) is 0 Å². The van der Waals surface area contributed by atoms with Crippen LogP contribution in [0.4, 0.5) is 13.2 Å². The maximum Gasteiger partial charge on any atom is 0.416 e. The third-order valence-electron chi connectivity index (χ3n) is 2.26. The number of methoxy groups -OCH3 is 1. The number of aliphatic hydroxyl groups is 2. The maximum atomic E-state index is 12.4. The van der Waals surface area contributed by atoms with Crippen molar-refractivity contribution in [1.82, 2.24) is 0 Å². The Hall–Kier alpha value is -1.11. The number of halogens is 3. The number of ether oxygens (including phenoxy) is 1. The lowest BCUT2D eigenvalue weighted by Crippen LogP contribution is -2.23. The molecule has 0 aliphatic carbocycles. The van der Waals surface area contributed by atoms with Gasteiger partial charge >= 0.3 is 6.18 Å². The van der Waals surface area contributed by atoms with Crippen molar-refractivity contribution in [3.63, 3.8) is 0 Å². The van der Waals surface area contributed by atoms with Crippen LogP contribution in [0.3, 0.4) is 0 Å². The SMILES string of the molecule is COCC(O)C(O)c1cccc(C(F)(F)F)c1. The summed E-state index contributed by atoms with van der Waals surface area (Å²) in [4.78, 5) is 0. The lowest BCUT2D eigenvalue weighted by Gasteiger charge is -2.18. The Morgan fingerprint density at radius 1 is 1.29 bits per heavy atom. The second-order valence-corrected chi connectivity index (χ2v) is 3.59. The summed E-state index contributed by atoms with van der Waals surface area (Å²) in [7, 11) is 1.32. The molecule has 0 spiro atoms. The van der Waals surface area contributed by atoms with Crippen molar-refractivity contribution in [2.75, 3.05) is 13.7 Å². The van der Waals surface area contributed by atoms with E-state index in [9.17, 15) is 23.4 Å². The fourth-order valence-corrected chi connectivity index (χ4v) is 1.38. The topological polar surface area (TPSA) is 49.7 Å². The summed E-state index contributed by atoms with van der Waals surface area (Å²) in [6.45, 7) is -0.155. The van der Waals surface area contributed by atoms with Gasteiger partial charge in [0.15, 0.2) is 0 Å². The molecule has 0 bridgehead atoms. The van der Waals surface area contributed by atoms with Crippen molar-refractivity contribution in [1.29, 1.82) is 0 Å². The predicted molar refractivity (Wildman–Crippen MR) is 54.3 cm³/mol. The van der Waals surface area contributed by atoms with Gasteiger partial charge in [0, 0.05) is 7.11 Å². The third kappa shape index (κ3) is 3.69. The minimum Gasteiger partial charge on any atom is -0.388 e. The second kappa shape index (κ2) is 5.48. The molecule has 0 radical (unpaired) electrons. The zero-order valence-corrected chi connectivity index (χ0v) is 9.11. The van der Waals surface area contributed by atoms with Gasteiger partial charge in [-0.25, -0.2) is 0 Å². The van der Waals surface area contributed by atoms with Crippen LogP contribution < -0.4 is 0 Å². The van der Waals surface area contributed by atoms with E-state index in [4.69, 9.17) is 0 Å². The highest BCUT2D eigenvalue weighted by Gasteiger charge is 2.31. The first-order valence-corrected chi connectivity index (χ1v) is 4.88. The quantitative estimate of drug-likeness (QED) is 0.855. The molecule has 0 aliphatic heterocycles. The number of rotatable bonds is 4. The minimum atomic E-state index is -4.47. The van der Waals surface area contributed by atoms with Gasteiger partial charge in [0.1, 0.15) is 12.2 Å². The van der Waals surface area contributed by atoms with E-state index in [0.29, 0.717) is 0 Å². The van der Waals surface area contributed by atoms with Gasteiger partial charge in [0.05, 0.1) is 12.2 Å². The molecule has 3 nitrogen and oxygen atoms in total. The molecule has 0 fully saturated rings. The van der Waals surface area contributed by atoms with Crippen LogP contribution in [0.1, 0.15) is 17.2 Å². The molecule has 2 unspecified atom stereocenters. The molecule has 1 rings (SSSR count). The zero-order chi connectivity index (χ0) is 13.1. The molecule has 0 saturated carbocycles. The van der Waals surface area contributed by atoms with Gasteiger partial charge in [0.2, 0.25) is 0 Å². The molecule has 0 heterocycles. The lowest BCUT2D eigenvalue weighted by molar-refractivity contribution is -0.137. The van der Waals surface area contributed by atoms with Crippen LogP contribution in [0.2, 0.25) is 0 Å². The van der Waals surface area contributed by atoms with Crippen molar-refractivity contribution >= 4 is 0 Å². The zero-order valence-electron chi connectivity index (χ0n) is 9.11. The molecule has 17 heavy (non-hydrogen) atoms. The van der Waals surface area contributed by atoms with Crippen molar-refractivity contribution in [2.24, 2.45) is 0 Å². The molecular weight excluding hydrogens is 237 g/mol. The Kier molecular flexibility index (Phi) is 4.50. The van der Waals surface area contributed by atoms with Crippen LogP contribution in [-0.4, -0.2) is 30.0 Å². The fourth-order valence-electron chi connectivity index (χ4n) is 1.38. The minimum absolute atomic E-state index is 0.00405. The first-order chi connectivity index (χ1) is 7.86. The van der Waals surface area contributed by atoms with E-state index in [2.05, 4.69) is 4.74 Å². The van der Waals surface area contributed by atoms with E-state index < -0.39 is 23.9 Å². The van der Waals surface area contributed by atoms with Crippen LogP contribution >= 0.6 is 0 Å². The number of benzene rings is 1.